The van der Waals surface area contributed by atoms with Gasteiger partial charge in [0.05, 0.1) is 29.5 Å². The van der Waals surface area contributed by atoms with Crippen molar-refractivity contribution in [2.75, 3.05) is 31.3 Å². The fraction of sp³-hybridized carbons (Fsp3) is 0.429. The maximum Gasteiger partial charge on any atom is 0.335 e. The quantitative estimate of drug-likeness (QED) is 0.628. The Morgan fingerprint density at radius 1 is 1.40 bits per heavy atom. The van der Waals surface area contributed by atoms with Gasteiger partial charge in [-0.15, -0.1) is 0 Å². The van der Waals surface area contributed by atoms with Crippen LogP contribution in [0, 0.1) is 5.41 Å². The molecule has 0 bridgehead atoms. The van der Waals surface area contributed by atoms with Gasteiger partial charge in [-0.2, -0.15) is 0 Å². The number of ether oxygens (including phenoxy) is 1. The number of nitrogens with two attached hydrogens (primary N) is 1. The fourth-order valence-corrected chi connectivity index (χ4v) is 2.05. The summed E-state index contributed by atoms with van der Waals surface area (Å²) in [5.41, 5.74) is 6.33. The van der Waals surface area contributed by atoms with Gasteiger partial charge in [0.1, 0.15) is 0 Å². The van der Waals surface area contributed by atoms with Gasteiger partial charge in [-0.3, -0.25) is 4.79 Å². The van der Waals surface area contributed by atoms with E-state index in [1.54, 1.807) is 31.9 Å². The van der Waals surface area contributed by atoms with Gasteiger partial charge in [-0.25, -0.2) is 4.79 Å². The molecule has 0 spiro atoms. The van der Waals surface area contributed by atoms with E-state index >= 15 is 0 Å². The van der Waals surface area contributed by atoms with Crippen LogP contribution in [0.1, 0.15) is 24.2 Å². The van der Waals surface area contributed by atoms with Crippen LogP contribution in [0.2, 0.25) is 0 Å². The van der Waals surface area contributed by atoms with Crippen LogP contribution in [0.3, 0.4) is 0 Å². The zero-order valence-corrected chi connectivity index (χ0v) is 12.1. The van der Waals surface area contributed by atoms with Crippen molar-refractivity contribution in [3.63, 3.8) is 0 Å². The lowest BCUT2D eigenvalue weighted by Gasteiger charge is -2.30. The molecule has 0 fully saturated rings. The maximum absolute atomic E-state index is 11.7. The average molecular weight is 280 g/mol. The summed E-state index contributed by atoms with van der Waals surface area (Å²) in [6, 6.07) is 4.52. The Hall–Kier alpha value is -2.24. The molecule has 0 heterocycles. The molecule has 0 atom stereocenters. The number of carbonyl (C=O) groups excluding carboxylic acids is 1. The summed E-state index contributed by atoms with van der Waals surface area (Å²) in [5, 5.41) is 8.90. The van der Waals surface area contributed by atoms with E-state index in [2.05, 4.69) is 0 Å². The Morgan fingerprint density at radius 3 is 2.45 bits per heavy atom. The van der Waals surface area contributed by atoms with Gasteiger partial charge in [0.2, 0.25) is 0 Å². The lowest BCUT2D eigenvalue weighted by Crippen LogP contribution is -2.38. The van der Waals surface area contributed by atoms with Crippen molar-refractivity contribution in [2.45, 2.75) is 13.8 Å². The molecule has 0 aromatic heterocycles. The molecule has 1 aromatic rings. The Kier molecular flexibility index (Phi) is 4.60. The number of benzene rings is 1. The Balaban J connectivity index is 2.96. The highest BCUT2D eigenvalue weighted by Gasteiger charge is 2.30. The first-order chi connectivity index (χ1) is 9.19. The summed E-state index contributed by atoms with van der Waals surface area (Å²) < 4.78 is 4.76. The zero-order valence-electron chi connectivity index (χ0n) is 12.1. The number of nitrogens with zero attached hydrogens (tertiary/aromatic N) is 1. The summed E-state index contributed by atoms with van der Waals surface area (Å²) in [7, 11) is 3.14. The molecule has 0 aliphatic carbocycles. The van der Waals surface area contributed by atoms with E-state index in [4.69, 9.17) is 15.6 Å². The molecular formula is C14H20N2O4. The minimum absolute atomic E-state index is 0.131. The number of anilines is 2. The normalized spacial score (nSPS) is 11.0. The van der Waals surface area contributed by atoms with Gasteiger partial charge >= 0.3 is 11.9 Å². The van der Waals surface area contributed by atoms with E-state index in [0.717, 1.165) is 0 Å². The lowest BCUT2D eigenvalue weighted by atomic mass is 9.93. The number of methoxy groups -OCH3 is 1. The predicted octanol–water partition coefficient (Wildman–Crippen LogP) is 1.60. The molecule has 6 nitrogen and oxygen atoms in total. The number of carbonyl (C=O) groups is 2. The molecule has 20 heavy (non-hydrogen) atoms. The van der Waals surface area contributed by atoms with Crippen LogP contribution in [0.25, 0.3) is 0 Å². The Morgan fingerprint density at radius 2 is 2.00 bits per heavy atom. The second-order valence-electron chi connectivity index (χ2n) is 5.31. The van der Waals surface area contributed by atoms with Crippen molar-refractivity contribution in [2.24, 2.45) is 5.41 Å². The van der Waals surface area contributed by atoms with Gasteiger partial charge in [-0.1, -0.05) is 0 Å². The molecule has 1 rings (SSSR count). The highest BCUT2D eigenvalue weighted by Crippen LogP contribution is 2.27. The topological polar surface area (TPSA) is 92.9 Å². The number of esters is 1. The summed E-state index contributed by atoms with van der Waals surface area (Å²) in [6.07, 6.45) is 0. The SMILES string of the molecule is COC(=O)C(C)(C)CN(C)c1ccc(C(=O)O)cc1N. The molecular weight excluding hydrogens is 260 g/mol. The van der Waals surface area contributed by atoms with Crippen molar-refractivity contribution in [3.05, 3.63) is 23.8 Å². The first-order valence-corrected chi connectivity index (χ1v) is 6.11. The highest BCUT2D eigenvalue weighted by atomic mass is 16.5. The van der Waals surface area contributed by atoms with Crippen LogP contribution in [0.5, 0.6) is 0 Å². The number of carboxylic acid groups (broad SMARTS) is 1. The van der Waals surface area contributed by atoms with Gasteiger partial charge in [0.25, 0.3) is 0 Å². The van der Waals surface area contributed by atoms with Crippen molar-refractivity contribution in [3.8, 4) is 0 Å². The number of aromatic carboxylic acids is 1. The standard InChI is InChI=1S/C14H20N2O4/c1-14(2,13(19)20-4)8-16(3)11-6-5-9(12(17)18)7-10(11)15/h5-7H,8,15H2,1-4H3,(H,17,18). The first-order valence-electron chi connectivity index (χ1n) is 6.11. The zero-order chi connectivity index (χ0) is 15.5. The summed E-state index contributed by atoms with van der Waals surface area (Å²) >= 11 is 0. The van der Waals surface area contributed by atoms with Crippen molar-refractivity contribution in [1.29, 1.82) is 0 Å². The van der Waals surface area contributed by atoms with Crippen LogP contribution in [0.15, 0.2) is 18.2 Å². The monoisotopic (exact) mass is 280 g/mol. The third-order valence-corrected chi connectivity index (χ3v) is 3.06. The van der Waals surface area contributed by atoms with Crippen LogP contribution >= 0.6 is 0 Å². The molecule has 0 unspecified atom stereocenters. The molecule has 0 aliphatic rings. The molecule has 1 aromatic carbocycles. The molecule has 0 radical (unpaired) electrons. The average Bonchev–Trinajstić information content (AvgIpc) is 2.36. The Labute approximate surface area is 118 Å². The highest BCUT2D eigenvalue weighted by molar-refractivity contribution is 5.90. The summed E-state index contributed by atoms with van der Waals surface area (Å²) in [4.78, 5) is 24.3. The second-order valence-corrected chi connectivity index (χ2v) is 5.31. The van der Waals surface area contributed by atoms with Crippen LogP contribution < -0.4 is 10.6 Å². The molecule has 0 saturated carbocycles. The van der Waals surface area contributed by atoms with Crippen molar-refractivity contribution >= 4 is 23.3 Å². The van der Waals surface area contributed by atoms with Crippen molar-refractivity contribution in [1.82, 2.24) is 0 Å². The first kappa shape index (κ1) is 15.8. The number of carboxylic acids is 1. The van der Waals surface area contributed by atoms with Gasteiger partial charge < -0.3 is 20.5 Å². The van der Waals surface area contributed by atoms with Gasteiger partial charge in [0.15, 0.2) is 0 Å². The van der Waals surface area contributed by atoms with Crippen molar-refractivity contribution < 1.29 is 19.4 Å². The predicted molar refractivity (Wildman–Crippen MR) is 76.9 cm³/mol. The van der Waals surface area contributed by atoms with E-state index in [-0.39, 0.29) is 11.5 Å². The number of hydrogen-bond donors (Lipinski definition) is 2. The second kappa shape index (κ2) is 5.81. The Bertz CT molecular complexity index is 526. The number of rotatable bonds is 5. The summed E-state index contributed by atoms with van der Waals surface area (Å²) in [6.45, 7) is 3.95. The minimum Gasteiger partial charge on any atom is -0.478 e. The third kappa shape index (κ3) is 3.40. The molecule has 0 aliphatic heterocycles. The minimum atomic E-state index is -1.03. The molecule has 0 saturated heterocycles. The maximum atomic E-state index is 11.7. The third-order valence-electron chi connectivity index (χ3n) is 3.06. The largest absolute Gasteiger partial charge is 0.478 e. The van der Waals surface area contributed by atoms with E-state index in [1.165, 1.54) is 19.2 Å². The van der Waals surface area contributed by atoms with Crippen LogP contribution in [-0.4, -0.2) is 37.7 Å². The van der Waals surface area contributed by atoms with E-state index in [1.807, 2.05) is 0 Å². The lowest BCUT2D eigenvalue weighted by molar-refractivity contribution is -0.150. The molecule has 0 amide bonds. The van der Waals surface area contributed by atoms with Gasteiger partial charge in [0, 0.05) is 13.6 Å². The number of hydrogen-bond acceptors (Lipinski definition) is 5. The smallest absolute Gasteiger partial charge is 0.335 e. The fourth-order valence-electron chi connectivity index (χ4n) is 2.05. The van der Waals surface area contributed by atoms with Crippen LogP contribution in [0.4, 0.5) is 11.4 Å². The molecule has 3 N–H and O–H groups in total. The van der Waals surface area contributed by atoms with Gasteiger partial charge in [-0.05, 0) is 32.0 Å². The molecule has 6 heteroatoms. The molecule has 110 valence electrons. The van der Waals surface area contributed by atoms with E-state index < -0.39 is 11.4 Å². The van der Waals surface area contributed by atoms with E-state index in [0.29, 0.717) is 17.9 Å². The van der Waals surface area contributed by atoms with E-state index in [9.17, 15) is 9.59 Å². The van der Waals surface area contributed by atoms with Crippen LogP contribution in [-0.2, 0) is 9.53 Å². The summed E-state index contributed by atoms with van der Waals surface area (Å²) in [5.74, 6) is -1.34. The number of nitrogen functional groups attached to an aromatic ring is 1.